The van der Waals surface area contributed by atoms with Crippen molar-refractivity contribution in [3.8, 4) is 0 Å². The molecule has 1 amide bonds. The van der Waals surface area contributed by atoms with Crippen LogP contribution in [0.1, 0.15) is 54.5 Å². The Bertz CT molecular complexity index is 1190. The van der Waals surface area contributed by atoms with Crippen LogP contribution in [0.3, 0.4) is 0 Å². The summed E-state index contributed by atoms with van der Waals surface area (Å²) in [6, 6.07) is 14.6. The lowest BCUT2D eigenvalue weighted by atomic mass is 10.0. The number of benzene rings is 2. The zero-order valence-electron chi connectivity index (χ0n) is 19.4. The number of hydrogen-bond donors (Lipinski definition) is 3. The van der Waals surface area contributed by atoms with Crippen LogP contribution in [0.2, 0.25) is 5.02 Å². The van der Waals surface area contributed by atoms with Crippen LogP contribution in [0.5, 0.6) is 0 Å². The Balaban J connectivity index is 1.41. The molecule has 0 radical (unpaired) electrons. The van der Waals surface area contributed by atoms with Gasteiger partial charge in [-0.05, 0) is 54.0 Å². The van der Waals surface area contributed by atoms with Gasteiger partial charge in [0.1, 0.15) is 18.4 Å². The van der Waals surface area contributed by atoms with Crippen LogP contribution < -0.4 is 5.32 Å². The van der Waals surface area contributed by atoms with E-state index in [-0.39, 0.29) is 31.2 Å². The molecule has 4 atom stereocenters. The van der Waals surface area contributed by atoms with Crippen LogP contribution in [-0.4, -0.2) is 51.4 Å². The van der Waals surface area contributed by atoms with Crippen molar-refractivity contribution >= 4 is 40.0 Å². The van der Waals surface area contributed by atoms with Crippen LogP contribution in [0.25, 0.3) is 10.9 Å². The number of carbonyl (C=O) groups excluding carboxylic acids is 1. The molecule has 3 aromatic rings. The molecule has 3 N–H and O–H groups in total. The van der Waals surface area contributed by atoms with Gasteiger partial charge >= 0.3 is 0 Å². The number of aromatic nitrogens is 1. The summed E-state index contributed by atoms with van der Waals surface area (Å²) in [5, 5.41) is 25.4. The molecule has 2 heterocycles. The van der Waals surface area contributed by atoms with E-state index < -0.39 is 24.5 Å². The van der Waals surface area contributed by atoms with E-state index in [0.29, 0.717) is 11.4 Å². The lowest BCUT2D eigenvalue weighted by molar-refractivity contribution is -0.188. The minimum absolute atomic E-state index is 0.0879. The number of fused-ring (bicyclic) bond motifs is 1. The number of hydrogen-bond acceptors (Lipinski definition) is 4. The second kappa shape index (κ2) is 10.5. The highest BCUT2D eigenvalue weighted by Gasteiger charge is 2.38. The number of aliphatic hydroxyl groups excluding tert-OH is 2. The predicted molar refractivity (Wildman–Crippen MR) is 137 cm³/mol. The molecule has 1 aromatic heterocycles. The molecule has 2 aliphatic rings. The quantitative estimate of drug-likeness (QED) is 0.384. The third kappa shape index (κ3) is 5.37. The van der Waals surface area contributed by atoms with Crippen molar-refractivity contribution in [2.75, 3.05) is 12.4 Å². The number of nitrogens with one attached hydrogen (secondary N) is 1. The summed E-state index contributed by atoms with van der Waals surface area (Å²) >= 11 is 12.3. The third-order valence-corrected chi connectivity index (χ3v) is 7.50. The molecule has 6 nitrogen and oxygen atoms in total. The molecule has 0 bridgehead atoms. The maximum Gasteiger partial charge on any atom is 0.221 e. The van der Waals surface area contributed by atoms with Gasteiger partial charge in [0.2, 0.25) is 5.91 Å². The molecule has 2 aromatic carbocycles. The smallest absolute Gasteiger partial charge is 0.221 e. The fraction of sp³-hybridized carbons (Fsp3) is 0.444. The predicted octanol–water partition coefficient (Wildman–Crippen LogP) is 4.52. The van der Waals surface area contributed by atoms with Gasteiger partial charge in [-0.2, -0.15) is 0 Å². The molecule has 186 valence electrons. The highest BCUT2D eigenvalue weighted by atomic mass is 35.5. The van der Waals surface area contributed by atoms with Gasteiger partial charge in [-0.25, -0.2) is 0 Å². The number of aliphatic hydroxyl groups is 2. The number of rotatable bonds is 8. The highest BCUT2D eigenvalue weighted by Crippen LogP contribution is 2.40. The van der Waals surface area contributed by atoms with E-state index in [4.69, 9.17) is 27.9 Å². The molecule has 35 heavy (non-hydrogen) atoms. The summed E-state index contributed by atoms with van der Waals surface area (Å²) in [5.74, 6) is 0.715. The van der Waals surface area contributed by atoms with E-state index in [2.05, 4.69) is 29.6 Å². The molecule has 5 rings (SSSR count). The Morgan fingerprint density at radius 3 is 2.63 bits per heavy atom. The fourth-order valence-corrected chi connectivity index (χ4v) is 5.40. The monoisotopic (exact) mass is 516 g/mol. The molecule has 8 heteroatoms. The summed E-state index contributed by atoms with van der Waals surface area (Å²) in [5.41, 5.74) is 4.58. The van der Waals surface area contributed by atoms with Gasteiger partial charge in [-0.15, -0.1) is 11.6 Å². The lowest BCUT2D eigenvalue weighted by Gasteiger charge is -2.38. The number of halogens is 2. The van der Waals surface area contributed by atoms with Crippen molar-refractivity contribution in [2.45, 2.75) is 62.6 Å². The normalized spacial score (nSPS) is 24.6. The first kappa shape index (κ1) is 24.6. The van der Waals surface area contributed by atoms with Crippen molar-refractivity contribution in [1.29, 1.82) is 0 Å². The first-order valence-corrected chi connectivity index (χ1v) is 13.1. The van der Waals surface area contributed by atoms with E-state index in [0.717, 1.165) is 22.4 Å². The van der Waals surface area contributed by atoms with Gasteiger partial charge in [0.25, 0.3) is 0 Å². The largest absolute Gasteiger partial charge is 0.390 e. The number of amides is 1. The Morgan fingerprint density at radius 1 is 1.14 bits per heavy atom. The number of nitrogens with zero attached hydrogens (tertiary/aromatic N) is 1. The number of carbonyl (C=O) groups is 1. The molecule has 0 spiro atoms. The van der Waals surface area contributed by atoms with Crippen molar-refractivity contribution in [2.24, 2.45) is 0 Å². The van der Waals surface area contributed by atoms with Crippen molar-refractivity contribution in [3.05, 3.63) is 70.4 Å². The van der Waals surface area contributed by atoms with Crippen LogP contribution in [-0.2, 0) is 16.0 Å². The summed E-state index contributed by atoms with van der Waals surface area (Å²) in [4.78, 5) is 11.9. The van der Waals surface area contributed by atoms with Crippen LogP contribution in [0.15, 0.2) is 48.7 Å². The number of alkyl halides is 1. The summed E-state index contributed by atoms with van der Waals surface area (Å²) in [7, 11) is 0. The van der Waals surface area contributed by atoms with Gasteiger partial charge in [0, 0.05) is 36.8 Å². The van der Waals surface area contributed by atoms with Crippen LogP contribution >= 0.6 is 23.2 Å². The number of ether oxygens (including phenoxy) is 1. The average Bonchev–Trinajstić information content (AvgIpc) is 3.63. The van der Waals surface area contributed by atoms with Crippen molar-refractivity contribution in [3.63, 3.8) is 0 Å². The minimum atomic E-state index is -1.10. The van der Waals surface area contributed by atoms with E-state index >= 15 is 0 Å². The maximum absolute atomic E-state index is 11.9. The topological polar surface area (TPSA) is 83.7 Å². The van der Waals surface area contributed by atoms with E-state index in [9.17, 15) is 15.0 Å². The first-order valence-electron chi connectivity index (χ1n) is 12.2. The van der Waals surface area contributed by atoms with Crippen molar-refractivity contribution in [1.82, 2.24) is 9.88 Å². The van der Waals surface area contributed by atoms with Crippen LogP contribution in [0.4, 0.5) is 0 Å². The van der Waals surface area contributed by atoms with E-state index in [1.54, 1.807) is 0 Å². The third-order valence-electron chi connectivity index (χ3n) is 6.99. The van der Waals surface area contributed by atoms with Crippen LogP contribution in [0, 0.1) is 0 Å². The molecule has 2 fully saturated rings. The molecule has 1 aliphatic carbocycles. The molecular weight excluding hydrogens is 487 g/mol. The molecule has 1 saturated carbocycles. The summed E-state index contributed by atoms with van der Waals surface area (Å²) in [6.45, 7) is 0.0879. The van der Waals surface area contributed by atoms with Gasteiger partial charge in [-0.1, -0.05) is 41.9 Å². The standard InChI is InChI=1S/C27H30Cl2N2O4/c28-11-10-24(33)30-14-23-27(34)22(32)13-25(35-23)31-15-19(26-20(29)2-1-3-21(26)31)12-16-4-6-17(7-5-16)18-8-9-18/h1-7,15,18,22-23,25,27,32,34H,8-14H2,(H,30,33)/t22-,23-,25-,27+/m1/s1. The summed E-state index contributed by atoms with van der Waals surface area (Å²) in [6.07, 6.45) is 2.35. The maximum atomic E-state index is 11.9. The van der Waals surface area contributed by atoms with Crippen molar-refractivity contribution < 1.29 is 19.7 Å². The minimum Gasteiger partial charge on any atom is -0.390 e. The second-order valence-corrected chi connectivity index (χ2v) is 10.3. The lowest BCUT2D eigenvalue weighted by Crippen LogP contribution is -2.51. The second-order valence-electron chi connectivity index (χ2n) is 9.55. The fourth-order valence-electron chi connectivity index (χ4n) is 4.93. The highest BCUT2D eigenvalue weighted by molar-refractivity contribution is 6.35. The Hall–Kier alpha value is -2.09. The van der Waals surface area contributed by atoms with Gasteiger partial charge < -0.3 is 24.8 Å². The molecule has 1 aliphatic heterocycles. The van der Waals surface area contributed by atoms with E-state index in [1.807, 2.05) is 29.0 Å². The molecule has 1 saturated heterocycles. The Morgan fingerprint density at radius 2 is 1.91 bits per heavy atom. The van der Waals surface area contributed by atoms with E-state index in [1.165, 1.54) is 24.0 Å². The SMILES string of the molecule is O=C(CCCl)NC[C@H]1O[C@@H](n2cc(Cc3ccc(C4CC4)cc3)c3c(Cl)cccc32)C[C@@H](O)[C@@H]1O. The summed E-state index contributed by atoms with van der Waals surface area (Å²) < 4.78 is 8.19. The first-order chi connectivity index (χ1) is 16.9. The zero-order valence-corrected chi connectivity index (χ0v) is 20.9. The van der Waals surface area contributed by atoms with Gasteiger partial charge in [0.15, 0.2) is 0 Å². The molecule has 0 unspecified atom stereocenters. The Labute approximate surface area is 214 Å². The van der Waals surface area contributed by atoms with Gasteiger partial charge in [0.05, 0.1) is 16.6 Å². The zero-order chi connectivity index (χ0) is 24.5. The van der Waals surface area contributed by atoms with Gasteiger partial charge in [-0.3, -0.25) is 4.79 Å². The molecular formula is C27H30Cl2N2O4. The average molecular weight is 517 g/mol. The Kier molecular flexibility index (Phi) is 7.37.